The molecule has 162 valence electrons. The summed E-state index contributed by atoms with van der Waals surface area (Å²) in [6, 6.07) is 9.64. The van der Waals surface area contributed by atoms with Crippen LogP contribution in [0.25, 0.3) is 22.3 Å². The van der Waals surface area contributed by atoms with Crippen molar-refractivity contribution < 1.29 is 13.9 Å². The molecule has 1 fully saturated rings. The summed E-state index contributed by atoms with van der Waals surface area (Å²) >= 11 is 0. The average Bonchev–Trinajstić information content (AvgIpc) is 3.08. The summed E-state index contributed by atoms with van der Waals surface area (Å²) in [5, 5.41) is 0. The third kappa shape index (κ3) is 4.27. The first-order valence-electron chi connectivity index (χ1n) is 10.1. The van der Waals surface area contributed by atoms with Crippen LogP contribution in [0.5, 0.6) is 0 Å². The predicted molar refractivity (Wildman–Crippen MR) is 116 cm³/mol. The summed E-state index contributed by atoms with van der Waals surface area (Å²) in [6.45, 7) is 5.97. The summed E-state index contributed by atoms with van der Waals surface area (Å²) in [7, 11) is 0. The van der Waals surface area contributed by atoms with E-state index in [1.54, 1.807) is 24.3 Å². The highest BCUT2D eigenvalue weighted by Crippen LogP contribution is 2.33. The van der Waals surface area contributed by atoms with Gasteiger partial charge in [0.1, 0.15) is 16.9 Å². The fourth-order valence-electron chi connectivity index (χ4n) is 3.70. The second-order valence-electron chi connectivity index (χ2n) is 8.59. The van der Waals surface area contributed by atoms with Crippen LogP contribution in [-0.2, 0) is 9.53 Å². The molecule has 0 radical (unpaired) electrons. The van der Waals surface area contributed by atoms with Gasteiger partial charge in [-0.15, -0.1) is 0 Å². The predicted octanol–water partition coefficient (Wildman–Crippen LogP) is 2.87. The fraction of sp³-hybridized carbons (Fsp3) is 0.364. The van der Waals surface area contributed by atoms with Crippen molar-refractivity contribution in [1.29, 1.82) is 0 Å². The smallest absolute Gasteiger partial charge is 0.313 e. The number of carbonyl (C=O) groups excluding carboxylic acids is 1. The van der Waals surface area contributed by atoms with Gasteiger partial charge in [0.15, 0.2) is 5.82 Å². The molecule has 2 atom stereocenters. The molecule has 0 amide bonds. The van der Waals surface area contributed by atoms with Gasteiger partial charge in [0.25, 0.3) is 0 Å². The van der Waals surface area contributed by atoms with E-state index in [2.05, 4.69) is 9.97 Å². The number of anilines is 2. The van der Waals surface area contributed by atoms with E-state index >= 15 is 0 Å². The monoisotopic (exact) mass is 424 g/mol. The van der Waals surface area contributed by atoms with Gasteiger partial charge in [0, 0.05) is 12.1 Å². The number of esters is 1. The number of aromatic nitrogens is 3. The lowest BCUT2D eigenvalue weighted by Crippen LogP contribution is -2.45. The standard InChI is InChI=1S/C22H25FN6O2/c1-22(2,3)31-20(30)14-10-11-29(18(14)24)19-17-16(27-21(25)28-19)9-8-15(26-17)12-4-6-13(23)7-5-12/h4-9,14,18H,10-11,24H2,1-3H3,(H2,25,27,28)/t14?,18-/m0/s1. The van der Waals surface area contributed by atoms with Crippen molar-refractivity contribution in [3.05, 3.63) is 42.2 Å². The molecule has 2 aromatic heterocycles. The third-order valence-electron chi connectivity index (χ3n) is 5.12. The van der Waals surface area contributed by atoms with Gasteiger partial charge in [-0.2, -0.15) is 4.98 Å². The van der Waals surface area contributed by atoms with Crippen molar-refractivity contribution in [2.24, 2.45) is 11.7 Å². The van der Waals surface area contributed by atoms with Gasteiger partial charge >= 0.3 is 5.97 Å². The van der Waals surface area contributed by atoms with Gasteiger partial charge in [-0.25, -0.2) is 14.4 Å². The molecule has 1 saturated heterocycles. The first-order chi connectivity index (χ1) is 14.6. The topological polar surface area (TPSA) is 120 Å². The number of fused-ring (bicyclic) bond motifs is 1. The van der Waals surface area contributed by atoms with Crippen LogP contribution in [0, 0.1) is 11.7 Å². The van der Waals surface area contributed by atoms with Gasteiger partial charge in [-0.3, -0.25) is 4.79 Å². The van der Waals surface area contributed by atoms with Crippen LogP contribution in [0.1, 0.15) is 27.2 Å². The molecule has 4 rings (SSSR count). The molecule has 1 unspecified atom stereocenters. The summed E-state index contributed by atoms with van der Waals surface area (Å²) in [6.07, 6.45) is -0.109. The molecule has 0 saturated carbocycles. The van der Waals surface area contributed by atoms with Crippen LogP contribution >= 0.6 is 0 Å². The normalized spacial score (nSPS) is 19.1. The Kier molecular flexibility index (Phi) is 5.22. The van der Waals surface area contributed by atoms with Crippen LogP contribution in [-0.4, -0.2) is 39.2 Å². The highest BCUT2D eigenvalue weighted by atomic mass is 19.1. The van der Waals surface area contributed by atoms with Crippen molar-refractivity contribution >= 4 is 28.8 Å². The molecule has 4 N–H and O–H groups in total. The number of nitrogens with zero attached hydrogens (tertiary/aromatic N) is 4. The molecule has 9 heteroatoms. The molecule has 1 aromatic carbocycles. The Bertz CT molecular complexity index is 1130. The Balaban J connectivity index is 1.72. The molecule has 1 aliphatic heterocycles. The zero-order valence-electron chi connectivity index (χ0n) is 17.7. The highest BCUT2D eigenvalue weighted by molar-refractivity contribution is 5.89. The molecule has 3 aromatic rings. The maximum atomic E-state index is 13.3. The van der Waals surface area contributed by atoms with Crippen molar-refractivity contribution in [2.75, 3.05) is 17.2 Å². The Morgan fingerprint density at radius 3 is 2.52 bits per heavy atom. The van der Waals surface area contributed by atoms with E-state index in [0.717, 1.165) is 5.56 Å². The number of carbonyl (C=O) groups is 1. The van der Waals surface area contributed by atoms with Crippen molar-refractivity contribution in [2.45, 2.75) is 39.0 Å². The second kappa shape index (κ2) is 7.73. The summed E-state index contributed by atoms with van der Waals surface area (Å²) < 4.78 is 18.8. The van der Waals surface area contributed by atoms with Crippen molar-refractivity contribution in [1.82, 2.24) is 15.0 Å². The highest BCUT2D eigenvalue weighted by Gasteiger charge is 2.40. The zero-order valence-corrected chi connectivity index (χ0v) is 17.7. The number of hydrogen-bond acceptors (Lipinski definition) is 8. The van der Waals surface area contributed by atoms with E-state index < -0.39 is 17.7 Å². The maximum Gasteiger partial charge on any atom is 0.313 e. The fourth-order valence-corrected chi connectivity index (χ4v) is 3.70. The minimum absolute atomic E-state index is 0.0896. The quantitative estimate of drug-likeness (QED) is 0.616. The number of hydrogen-bond donors (Lipinski definition) is 2. The van der Waals surface area contributed by atoms with Gasteiger partial charge in [-0.1, -0.05) is 0 Å². The maximum absolute atomic E-state index is 13.3. The van der Waals surface area contributed by atoms with Crippen molar-refractivity contribution in [3.8, 4) is 11.3 Å². The summed E-state index contributed by atoms with van der Waals surface area (Å²) in [4.78, 5) is 27.8. The van der Waals surface area contributed by atoms with Crippen molar-refractivity contribution in [3.63, 3.8) is 0 Å². The molecular weight excluding hydrogens is 399 g/mol. The lowest BCUT2D eigenvalue weighted by atomic mass is 10.1. The minimum atomic E-state index is -0.636. The number of nitrogens with two attached hydrogens (primary N) is 2. The van der Waals surface area contributed by atoms with E-state index in [9.17, 15) is 9.18 Å². The molecule has 31 heavy (non-hydrogen) atoms. The number of halogens is 1. The van der Waals surface area contributed by atoms with E-state index in [4.69, 9.17) is 21.2 Å². The zero-order chi connectivity index (χ0) is 22.3. The van der Waals surface area contributed by atoms with Crippen LogP contribution in [0.3, 0.4) is 0 Å². The lowest BCUT2D eigenvalue weighted by molar-refractivity contribution is -0.160. The van der Waals surface area contributed by atoms with E-state index in [-0.39, 0.29) is 17.7 Å². The molecule has 8 nitrogen and oxygen atoms in total. The number of nitrogen functional groups attached to an aromatic ring is 1. The van der Waals surface area contributed by atoms with Crippen LogP contribution < -0.4 is 16.4 Å². The van der Waals surface area contributed by atoms with E-state index in [1.807, 2.05) is 25.7 Å². The lowest BCUT2D eigenvalue weighted by Gasteiger charge is -2.27. The first kappa shape index (κ1) is 20.9. The molecule has 0 spiro atoms. The Hall–Kier alpha value is -3.33. The van der Waals surface area contributed by atoms with Gasteiger partial charge in [0.05, 0.1) is 23.3 Å². The Morgan fingerprint density at radius 2 is 1.84 bits per heavy atom. The van der Waals surface area contributed by atoms with Gasteiger partial charge in [-0.05, 0) is 63.6 Å². The van der Waals surface area contributed by atoms with Crippen LogP contribution in [0.2, 0.25) is 0 Å². The number of benzene rings is 1. The Morgan fingerprint density at radius 1 is 1.13 bits per heavy atom. The molecule has 0 bridgehead atoms. The minimum Gasteiger partial charge on any atom is -0.460 e. The Labute approximate surface area is 179 Å². The SMILES string of the molecule is CC(C)(C)OC(=O)C1CCN(c2nc(N)nc3ccc(-c4ccc(F)cc4)nc23)[C@@H]1N. The van der Waals surface area contributed by atoms with Gasteiger partial charge < -0.3 is 21.1 Å². The molecular formula is C22H25FN6O2. The number of pyridine rings is 1. The summed E-state index contributed by atoms with van der Waals surface area (Å²) in [5.74, 6) is -0.603. The van der Waals surface area contributed by atoms with E-state index in [0.29, 0.717) is 35.5 Å². The largest absolute Gasteiger partial charge is 0.460 e. The second-order valence-corrected chi connectivity index (χ2v) is 8.59. The molecule has 0 aliphatic carbocycles. The molecule has 1 aliphatic rings. The summed E-state index contributed by atoms with van der Waals surface area (Å²) in [5.41, 5.74) is 14.2. The number of rotatable bonds is 3. The number of ether oxygens (including phenoxy) is 1. The average molecular weight is 424 g/mol. The molecule has 3 heterocycles. The van der Waals surface area contributed by atoms with E-state index in [1.165, 1.54) is 12.1 Å². The van der Waals surface area contributed by atoms with Crippen LogP contribution in [0.4, 0.5) is 16.2 Å². The third-order valence-corrected chi connectivity index (χ3v) is 5.12. The van der Waals surface area contributed by atoms with Crippen LogP contribution in [0.15, 0.2) is 36.4 Å². The van der Waals surface area contributed by atoms with Gasteiger partial charge in [0.2, 0.25) is 5.95 Å². The first-order valence-corrected chi connectivity index (χ1v) is 10.1.